The molecule has 1 amide bonds. The molecule has 4 fully saturated rings. The fourth-order valence-electron chi connectivity index (χ4n) is 6.39. The molecule has 2 unspecified atom stereocenters. The van der Waals surface area contributed by atoms with Crippen molar-refractivity contribution in [3.05, 3.63) is 46.4 Å². The standard InChI is InChI=1S/C21H24N2O3/c24-18-16-2-1-3-17(15(16)4-5-22-18)19(25)23-12-20-7-13-6-14(8-20)10-21(26,9-13)11-20/h1-5,13-14,26H,6-12H2,(H,22,24)(H,23,25). The van der Waals surface area contributed by atoms with Crippen LogP contribution in [0.25, 0.3) is 10.8 Å². The third-order valence-corrected chi connectivity index (χ3v) is 6.84. The molecule has 136 valence electrons. The molecular formula is C21H24N2O3. The number of aromatic amines is 1. The lowest BCUT2D eigenvalue weighted by molar-refractivity contribution is -0.161. The molecule has 5 nitrogen and oxygen atoms in total. The van der Waals surface area contributed by atoms with Gasteiger partial charge in [0.1, 0.15) is 0 Å². The Balaban J connectivity index is 1.39. The lowest BCUT2D eigenvalue weighted by atomic mass is 9.48. The fraction of sp³-hybridized carbons (Fsp3) is 0.524. The Hall–Kier alpha value is -2.14. The Kier molecular flexibility index (Phi) is 3.35. The molecule has 2 atom stereocenters. The molecule has 4 aliphatic rings. The predicted molar refractivity (Wildman–Crippen MR) is 99.0 cm³/mol. The van der Waals surface area contributed by atoms with E-state index in [1.54, 1.807) is 30.5 Å². The van der Waals surface area contributed by atoms with Gasteiger partial charge in [-0.15, -0.1) is 0 Å². The molecule has 0 aliphatic heterocycles. The van der Waals surface area contributed by atoms with Gasteiger partial charge in [0.25, 0.3) is 11.5 Å². The van der Waals surface area contributed by atoms with Crippen molar-refractivity contribution < 1.29 is 9.90 Å². The maximum atomic E-state index is 12.9. The molecule has 6 rings (SSSR count). The summed E-state index contributed by atoms with van der Waals surface area (Å²) in [6, 6.07) is 7.03. The smallest absolute Gasteiger partial charge is 0.255 e. The molecule has 5 heteroatoms. The van der Waals surface area contributed by atoms with Crippen LogP contribution in [0.15, 0.2) is 35.3 Å². The van der Waals surface area contributed by atoms with Crippen molar-refractivity contribution in [2.75, 3.05) is 6.54 Å². The lowest BCUT2D eigenvalue weighted by Crippen LogP contribution is -2.58. The van der Waals surface area contributed by atoms with Crippen LogP contribution in [0.2, 0.25) is 0 Å². The number of aliphatic hydroxyl groups is 1. The van der Waals surface area contributed by atoms with Crippen LogP contribution in [0.3, 0.4) is 0 Å². The van der Waals surface area contributed by atoms with Gasteiger partial charge in [-0.2, -0.15) is 0 Å². The quantitative estimate of drug-likeness (QED) is 0.794. The Morgan fingerprint density at radius 2 is 1.92 bits per heavy atom. The van der Waals surface area contributed by atoms with Crippen molar-refractivity contribution in [1.82, 2.24) is 10.3 Å². The highest BCUT2D eigenvalue weighted by Crippen LogP contribution is 2.61. The maximum absolute atomic E-state index is 12.9. The molecule has 4 aliphatic carbocycles. The largest absolute Gasteiger partial charge is 0.390 e. The molecule has 0 saturated heterocycles. The molecular weight excluding hydrogens is 328 g/mol. The van der Waals surface area contributed by atoms with Gasteiger partial charge in [-0.25, -0.2) is 0 Å². The second-order valence-electron chi connectivity index (χ2n) is 8.94. The summed E-state index contributed by atoms with van der Waals surface area (Å²) in [6.07, 6.45) is 7.72. The summed E-state index contributed by atoms with van der Waals surface area (Å²) in [4.78, 5) is 27.5. The van der Waals surface area contributed by atoms with Crippen LogP contribution in [0.1, 0.15) is 48.9 Å². The summed E-state index contributed by atoms with van der Waals surface area (Å²) in [7, 11) is 0. The minimum atomic E-state index is -0.512. The summed E-state index contributed by atoms with van der Waals surface area (Å²) in [6.45, 7) is 0.612. The Morgan fingerprint density at radius 3 is 2.65 bits per heavy atom. The van der Waals surface area contributed by atoms with Gasteiger partial charge in [-0.05, 0) is 74.0 Å². The van der Waals surface area contributed by atoms with Gasteiger partial charge >= 0.3 is 0 Å². The molecule has 4 bridgehead atoms. The first kappa shape index (κ1) is 16.1. The van der Waals surface area contributed by atoms with Crippen LogP contribution in [0, 0.1) is 17.3 Å². The maximum Gasteiger partial charge on any atom is 0.255 e. The van der Waals surface area contributed by atoms with Crippen molar-refractivity contribution in [3.63, 3.8) is 0 Å². The number of rotatable bonds is 3. The minimum absolute atomic E-state index is 0.0382. The number of fused-ring (bicyclic) bond motifs is 1. The summed E-state index contributed by atoms with van der Waals surface area (Å²) in [5.74, 6) is 1.08. The van der Waals surface area contributed by atoms with E-state index in [2.05, 4.69) is 10.3 Å². The number of amides is 1. The second-order valence-corrected chi connectivity index (χ2v) is 8.94. The van der Waals surface area contributed by atoms with Crippen molar-refractivity contribution >= 4 is 16.7 Å². The Labute approximate surface area is 151 Å². The first-order valence-electron chi connectivity index (χ1n) is 9.56. The van der Waals surface area contributed by atoms with Gasteiger partial charge in [0.2, 0.25) is 0 Å². The van der Waals surface area contributed by atoms with Crippen molar-refractivity contribution in [3.8, 4) is 0 Å². The number of hydrogen-bond donors (Lipinski definition) is 3. The van der Waals surface area contributed by atoms with Crippen molar-refractivity contribution in [2.45, 2.75) is 44.1 Å². The zero-order chi connectivity index (χ0) is 17.9. The van der Waals surface area contributed by atoms with Crippen LogP contribution < -0.4 is 10.9 Å². The Morgan fingerprint density at radius 1 is 1.15 bits per heavy atom. The third kappa shape index (κ3) is 2.49. The highest BCUT2D eigenvalue weighted by Gasteiger charge is 2.57. The van der Waals surface area contributed by atoms with Crippen LogP contribution in [0.4, 0.5) is 0 Å². The van der Waals surface area contributed by atoms with Gasteiger partial charge in [0.05, 0.1) is 5.60 Å². The number of H-pyrrole nitrogens is 1. The number of hydrogen-bond acceptors (Lipinski definition) is 3. The molecule has 26 heavy (non-hydrogen) atoms. The van der Waals surface area contributed by atoms with Gasteiger partial charge < -0.3 is 15.4 Å². The van der Waals surface area contributed by atoms with E-state index in [-0.39, 0.29) is 16.9 Å². The van der Waals surface area contributed by atoms with E-state index in [0.717, 1.165) is 32.1 Å². The number of pyridine rings is 1. The van der Waals surface area contributed by atoms with E-state index < -0.39 is 5.60 Å². The SMILES string of the molecule is O=C(NCC12CC3CC(CC(O)(C3)C1)C2)c1cccc2c(=O)[nH]ccc12. The average Bonchev–Trinajstić information content (AvgIpc) is 2.57. The molecule has 2 aromatic rings. The summed E-state index contributed by atoms with van der Waals surface area (Å²) in [5, 5.41) is 15.2. The molecule has 0 spiro atoms. The minimum Gasteiger partial charge on any atom is -0.390 e. The first-order valence-corrected chi connectivity index (χ1v) is 9.56. The highest BCUT2D eigenvalue weighted by molar-refractivity contribution is 6.06. The summed E-state index contributed by atoms with van der Waals surface area (Å²) >= 11 is 0. The third-order valence-electron chi connectivity index (χ3n) is 6.84. The topological polar surface area (TPSA) is 82.2 Å². The van der Waals surface area contributed by atoms with E-state index >= 15 is 0 Å². The highest BCUT2D eigenvalue weighted by atomic mass is 16.3. The van der Waals surface area contributed by atoms with Crippen molar-refractivity contribution in [1.29, 1.82) is 0 Å². The van der Waals surface area contributed by atoms with E-state index in [1.807, 2.05) is 0 Å². The van der Waals surface area contributed by atoms with Gasteiger partial charge in [-0.1, -0.05) is 6.07 Å². The van der Waals surface area contributed by atoms with E-state index in [9.17, 15) is 14.7 Å². The zero-order valence-corrected chi connectivity index (χ0v) is 14.8. The number of carbonyl (C=O) groups is 1. The molecule has 0 radical (unpaired) electrons. The number of nitrogens with one attached hydrogen (secondary N) is 2. The van der Waals surface area contributed by atoms with E-state index in [1.165, 1.54) is 6.42 Å². The van der Waals surface area contributed by atoms with Crippen LogP contribution >= 0.6 is 0 Å². The lowest BCUT2D eigenvalue weighted by Gasteiger charge is -2.60. The molecule has 1 aromatic heterocycles. The fourth-order valence-corrected chi connectivity index (χ4v) is 6.39. The summed E-state index contributed by atoms with van der Waals surface area (Å²) < 4.78 is 0. The van der Waals surface area contributed by atoms with Crippen LogP contribution in [-0.2, 0) is 0 Å². The number of aromatic nitrogens is 1. The zero-order valence-electron chi connectivity index (χ0n) is 14.8. The average molecular weight is 352 g/mol. The first-order chi connectivity index (χ1) is 12.5. The van der Waals surface area contributed by atoms with E-state index in [0.29, 0.717) is 34.7 Å². The normalized spacial score (nSPS) is 35.0. The Bertz CT molecular complexity index is 934. The number of carbonyl (C=O) groups excluding carboxylic acids is 1. The molecule has 1 aromatic carbocycles. The van der Waals surface area contributed by atoms with Crippen molar-refractivity contribution in [2.24, 2.45) is 17.3 Å². The summed E-state index contributed by atoms with van der Waals surface area (Å²) in [5.41, 5.74) is -0.115. The van der Waals surface area contributed by atoms with Gasteiger partial charge in [-0.3, -0.25) is 9.59 Å². The monoisotopic (exact) mass is 352 g/mol. The van der Waals surface area contributed by atoms with E-state index in [4.69, 9.17) is 0 Å². The molecule has 3 N–H and O–H groups in total. The molecule has 1 heterocycles. The predicted octanol–water partition coefficient (Wildman–Crippen LogP) is 2.59. The van der Waals surface area contributed by atoms with Gasteiger partial charge in [0, 0.05) is 29.1 Å². The molecule has 4 saturated carbocycles. The van der Waals surface area contributed by atoms with Crippen LogP contribution in [0.5, 0.6) is 0 Å². The number of benzene rings is 1. The van der Waals surface area contributed by atoms with Gasteiger partial charge in [0.15, 0.2) is 0 Å². The van der Waals surface area contributed by atoms with Crippen LogP contribution in [-0.4, -0.2) is 28.1 Å². The second kappa shape index (κ2) is 5.43.